The van der Waals surface area contributed by atoms with Gasteiger partial charge in [0.2, 0.25) is 5.91 Å². The SMILES string of the molecule is CC(=O)SCC1CC(=O)N(Cc2ccc(N3CCCCC3)cc2)C1. The zero-order valence-electron chi connectivity index (χ0n) is 14.4. The van der Waals surface area contributed by atoms with Gasteiger partial charge in [-0.2, -0.15) is 0 Å². The van der Waals surface area contributed by atoms with Crippen molar-refractivity contribution < 1.29 is 9.59 Å². The van der Waals surface area contributed by atoms with Crippen LogP contribution in [0, 0.1) is 5.92 Å². The van der Waals surface area contributed by atoms with Crippen molar-refractivity contribution in [2.24, 2.45) is 5.92 Å². The molecule has 0 radical (unpaired) electrons. The predicted octanol–water partition coefficient (Wildman–Crippen LogP) is 3.31. The summed E-state index contributed by atoms with van der Waals surface area (Å²) in [5.74, 6) is 1.27. The van der Waals surface area contributed by atoms with Gasteiger partial charge in [0.1, 0.15) is 0 Å². The van der Waals surface area contributed by atoms with Crippen molar-refractivity contribution in [1.29, 1.82) is 0 Å². The first-order chi connectivity index (χ1) is 11.6. The molecule has 24 heavy (non-hydrogen) atoms. The number of carbonyl (C=O) groups is 2. The highest BCUT2D eigenvalue weighted by Crippen LogP contribution is 2.25. The summed E-state index contributed by atoms with van der Waals surface area (Å²) in [4.78, 5) is 27.6. The van der Waals surface area contributed by atoms with Crippen LogP contribution in [0.3, 0.4) is 0 Å². The van der Waals surface area contributed by atoms with Crippen molar-refractivity contribution in [1.82, 2.24) is 4.90 Å². The molecule has 2 heterocycles. The fraction of sp³-hybridized carbons (Fsp3) is 0.579. The van der Waals surface area contributed by atoms with Gasteiger partial charge in [0.15, 0.2) is 5.12 Å². The Hall–Kier alpha value is -1.49. The van der Waals surface area contributed by atoms with E-state index in [0.29, 0.717) is 18.9 Å². The molecule has 1 atom stereocenters. The molecule has 3 rings (SSSR count). The van der Waals surface area contributed by atoms with E-state index in [4.69, 9.17) is 0 Å². The second-order valence-corrected chi connectivity index (χ2v) is 8.06. The maximum Gasteiger partial charge on any atom is 0.223 e. The van der Waals surface area contributed by atoms with E-state index >= 15 is 0 Å². The number of rotatable bonds is 5. The summed E-state index contributed by atoms with van der Waals surface area (Å²) >= 11 is 1.33. The summed E-state index contributed by atoms with van der Waals surface area (Å²) in [7, 11) is 0. The molecule has 0 spiro atoms. The molecule has 2 saturated heterocycles. The van der Waals surface area contributed by atoms with Crippen LogP contribution in [0.5, 0.6) is 0 Å². The van der Waals surface area contributed by atoms with Gasteiger partial charge in [-0.15, -0.1) is 0 Å². The molecule has 1 aromatic rings. The first-order valence-electron chi connectivity index (χ1n) is 8.87. The number of likely N-dealkylation sites (tertiary alicyclic amines) is 1. The molecule has 2 fully saturated rings. The van der Waals surface area contributed by atoms with Crippen molar-refractivity contribution in [3.63, 3.8) is 0 Å². The Kier molecular flexibility index (Phi) is 5.82. The largest absolute Gasteiger partial charge is 0.372 e. The van der Waals surface area contributed by atoms with Crippen molar-refractivity contribution in [3.8, 4) is 0 Å². The minimum absolute atomic E-state index is 0.134. The van der Waals surface area contributed by atoms with Crippen LogP contribution in [-0.4, -0.2) is 41.3 Å². The third-order valence-electron chi connectivity index (χ3n) is 4.85. The summed E-state index contributed by atoms with van der Waals surface area (Å²) in [5, 5.41) is 0.134. The number of anilines is 1. The second kappa shape index (κ2) is 8.06. The van der Waals surface area contributed by atoms with Crippen molar-refractivity contribution in [2.45, 2.75) is 39.2 Å². The third kappa shape index (κ3) is 4.53. The first kappa shape index (κ1) is 17.3. The zero-order chi connectivity index (χ0) is 16.9. The number of piperidine rings is 1. The molecule has 5 heteroatoms. The quantitative estimate of drug-likeness (QED) is 0.820. The van der Waals surface area contributed by atoms with E-state index in [-0.39, 0.29) is 11.0 Å². The van der Waals surface area contributed by atoms with E-state index in [1.54, 1.807) is 6.92 Å². The normalized spacial score (nSPS) is 21.4. The lowest BCUT2D eigenvalue weighted by Gasteiger charge is -2.29. The van der Waals surface area contributed by atoms with E-state index in [2.05, 4.69) is 29.2 Å². The lowest BCUT2D eigenvalue weighted by Crippen LogP contribution is -2.29. The van der Waals surface area contributed by atoms with Crippen molar-refractivity contribution in [3.05, 3.63) is 29.8 Å². The maximum absolute atomic E-state index is 12.2. The number of hydrogen-bond acceptors (Lipinski definition) is 4. The molecule has 0 aliphatic carbocycles. The van der Waals surface area contributed by atoms with Gasteiger partial charge in [0.05, 0.1) is 0 Å². The monoisotopic (exact) mass is 346 g/mol. The van der Waals surface area contributed by atoms with Crippen LogP contribution in [0.2, 0.25) is 0 Å². The number of nitrogens with zero attached hydrogens (tertiary/aromatic N) is 2. The van der Waals surface area contributed by atoms with Crippen LogP contribution in [0.15, 0.2) is 24.3 Å². The Balaban J connectivity index is 1.54. The van der Waals surface area contributed by atoms with Gasteiger partial charge in [0.25, 0.3) is 0 Å². The summed E-state index contributed by atoms with van der Waals surface area (Å²) in [6.07, 6.45) is 4.48. The molecule has 1 amide bonds. The Labute approximate surface area is 148 Å². The van der Waals surface area contributed by atoms with Crippen LogP contribution in [0.25, 0.3) is 0 Å². The Bertz CT molecular complexity index is 582. The molecule has 1 unspecified atom stereocenters. The Morgan fingerprint density at radius 3 is 2.54 bits per heavy atom. The molecule has 2 aliphatic heterocycles. The number of hydrogen-bond donors (Lipinski definition) is 0. The average Bonchev–Trinajstić information content (AvgIpc) is 2.94. The molecular weight excluding hydrogens is 320 g/mol. The van der Waals surface area contributed by atoms with Crippen LogP contribution in [0.4, 0.5) is 5.69 Å². The highest BCUT2D eigenvalue weighted by molar-refractivity contribution is 8.13. The minimum Gasteiger partial charge on any atom is -0.372 e. The number of carbonyl (C=O) groups excluding carboxylic acids is 2. The fourth-order valence-corrected chi connectivity index (χ4v) is 4.23. The highest BCUT2D eigenvalue weighted by atomic mass is 32.2. The topological polar surface area (TPSA) is 40.6 Å². The molecule has 130 valence electrons. The summed E-state index contributed by atoms with van der Waals surface area (Å²) in [6.45, 7) is 5.34. The van der Waals surface area contributed by atoms with Gasteiger partial charge in [-0.3, -0.25) is 9.59 Å². The highest BCUT2D eigenvalue weighted by Gasteiger charge is 2.29. The average molecular weight is 346 g/mol. The van der Waals surface area contributed by atoms with Crippen LogP contribution < -0.4 is 4.90 Å². The van der Waals surface area contributed by atoms with Crippen molar-refractivity contribution >= 4 is 28.5 Å². The van der Waals surface area contributed by atoms with E-state index in [0.717, 1.165) is 25.4 Å². The summed E-state index contributed by atoms with van der Waals surface area (Å²) in [6, 6.07) is 8.66. The lowest BCUT2D eigenvalue weighted by atomic mass is 10.1. The van der Waals surface area contributed by atoms with Gasteiger partial charge in [-0.25, -0.2) is 0 Å². The standard InChI is InChI=1S/C19H26N2O2S/c1-15(22)24-14-17-11-19(23)21(13-17)12-16-5-7-18(8-6-16)20-9-3-2-4-10-20/h5-8,17H,2-4,9-14H2,1H3. The van der Waals surface area contributed by atoms with Gasteiger partial charge in [-0.05, 0) is 42.9 Å². The van der Waals surface area contributed by atoms with Gasteiger partial charge < -0.3 is 9.80 Å². The number of benzene rings is 1. The molecule has 0 aromatic heterocycles. The lowest BCUT2D eigenvalue weighted by molar-refractivity contribution is -0.128. The second-order valence-electron chi connectivity index (χ2n) is 6.86. The van der Waals surface area contributed by atoms with Crippen LogP contribution >= 0.6 is 11.8 Å². The summed E-state index contributed by atoms with van der Waals surface area (Å²) < 4.78 is 0. The van der Waals surface area contributed by atoms with E-state index in [9.17, 15) is 9.59 Å². The first-order valence-corrected chi connectivity index (χ1v) is 9.85. The molecule has 4 nitrogen and oxygen atoms in total. The van der Waals surface area contributed by atoms with Crippen LogP contribution in [0.1, 0.15) is 38.2 Å². The van der Waals surface area contributed by atoms with Crippen molar-refractivity contribution in [2.75, 3.05) is 30.3 Å². The number of amides is 1. The molecule has 2 aliphatic rings. The predicted molar refractivity (Wildman–Crippen MR) is 99.2 cm³/mol. The summed E-state index contributed by atoms with van der Waals surface area (Å²) in [5.41, 5.74) is 2.48. The zero-order valence-corrected chi connectivity index (χ0v) is 15.2. The Morgan fingerprint density at radius 1 is 1.17 bits per heavy atom. The molecule has 0 saturated carbocycles. The maximum atomic E-state index is 12.2. The van der Waals surface area contributed by atoms with E-state index in [1.165, 1.54) is 42.3 Å². The van der Waals surface area contributed by atoms with Gasteiger partial charge in [0, 0.05) is 51.0 Å². The molecular formula is C19H26N2O2S. The molecule has 0 bridgehead atoms. The van der Waals surface area contributed by atoms with E-state index < -0.39 is 0 Å². The van der Waals surface area contributed by atoms with Gasteiger partial charge >= 0.3 is 0 Å². The molecule has 0 N–H and O–H groups in total. The smallest absolute Gasteiger partial charge is 0.223 e. The van der Waals surface area contributed by atoms with Gasteiger partial charge in [-0.1, -0.05) is 23.9 Å². The number of thioether (sulfide) groups is 1. The third-order valence-corrected chi connectivity index (χ3v) is 5.89. The fourth-order valence-electron chi connectivity index (χ4n) is 3.54. The minimum atomic E-state index is 0.134. The van der Waals surface area contributed by atoms with E-state index in [1.807, 2.05) is 4.90 Å². The Morgan fingerprint density at radius 2 is 1.88 bits per heavy atom. The van der Waals surface area contributed by atoms with Crippen LogP contribution in [-0.2, 0) is 16.1 Å². The molecule has 1 aromatic carbocycles.